The minimum absolute atomic E-state index is 0.243. The first-order chi connectivity index (χ1) is 8.79. The van der Waals surface area contributed by atoms with E-state index in [4.69, 9.17) is 4.74 Å². The summed E-state index contributed by atoms with van der Waals surface area (Å²) < 4.78 is 7.13. The van der Waals surface area contributed by atoms with E-state index in [1.807, 2.05) is 6.07 Å². The maximum atomic E-state index is 6.00. The maximum absolute atomic E-state index is 6.00. The highest BCUT2D eigenvalue weighted by Crippen LogP contribution is 2.25. The fourth-order valence-electron chi connectivity index (χ4n) is 2.07. The van der Waals surface area contributed by atoms with Crippen LogP contribution in [-0.2, 0) is 6.54 Å². The van der Waals surface area contributed by atoms with Gasteiger partial charge in [-0.3, -0.25) is 0 Å². The summed E-state index contributed by atoms with van der Waals surface area (Å²) in [6, 6.07) is 6.21. The second-order valence-electron chi connectivity index (χ2n) is 4.55. The molecule has 1 aliphatic rings. The van der Waals surface area contributed by atoms with Crippen LogP contribution in [-0.4, -0.2) is 12.6 Å². The van der Waals surface area contributed by atoms with Gasteiger partial charge >= 0.3 is 0 Å². The van der Waals surface area contributed by atoms with E-state index < -0.39 is 0 Å². The molecular weight excluding hydrogens is 290 g/mol. The molecule has 1 aromatic carbocycles. The van der Waals surface area contributed by atoms with Crippen LogP contribution < -0.4 is 10.1 Å². The summed E-state index contributed by atoms with van der Waals surface area (Å²) in [4.78, 5) is 0. The molecule has 0 radical (unpaired) electrons. The number of allylic oxidation sites excluding steroid dienone is 1. The molecule has 0 bridgehead atoms. The SMILES string of the molecule is CCNCc1cc(OC2C=CCCC2)ccc1Br. The molecule has 3 heteroatoms. The lowest BCUT2D eigenvalue weighted by Crippen LogP contribution is -2.16. The number of hydrogen-bond acceptors (Lipinski definition) is 2. The second kappa shape index (κ2) is 6.95. The predicted molar refractivity (Wildman–Crippen MR) is 78.9 cm³/mol. The van der Waals surface area contributed by atoms with Crippen LogP contribution >= 0.6 is 15.9 Å². The standard InChI is InChI=1S/C15H20BrNO/c1-2-17-11-12-10-14(8-9-15(12)16)18-13-6-4-3-5-7-13/h4,6,8-10,13,17H,2-3,5,7,11H2,1H3. The molecule has 0 aromatic heterocycles. The quantitative estimate of drug-likeness (QED) is 0.829. The Hall–Kier alpha value is -0.800. The van der Waals surface area contributed by atoms with Crippen LogP contribution in [0, 0.1) is 0 Å². The number of ether oxygens (including phenoxy) is 1. The van der Waals surface area contributed by atoms with Gasteiger partial charge in [0.1, 0.15) is 11.9 Å². The Morgan fingerprint density at radius 1 is 1.44 bits per heavy atom. The molecule has 0 heterocycles. The third-order valence-electron chi connectivity index (χ3n) is 3.08. The Bertz CT molecular complexity index is 417. The van der Waals surface area contributed by atoms with Crippen molar-refractivity contribution < 1.29 is 4.74 Å². The lowest BCUT2D eigenvalue weighted by atomic mass is 10.1. The molecule has 1 N–H and O–H groups in total. The van der Waals surface area contributed by atoms with E-state index in [0.29, 0.717) is 0 Å². The number of benzene rings is 1. The van der Waals surface area contributed by atoms with Gasteiger partial charge in [-0.05, 0) is 55.6 Å². The van der Waals surface area contributed by atoms with Crippen molar-refractivity contribution in [1.82, 2.24) is 5.32 Å². The molecule has 1 aromatic rings. The summed E-state index contributed by atoms with van der Waals surface area (Å²) >= 11 is 3.58. The topological polar surface area (TPSA) is 21.3 Å². The molecule has 0 aliphatic heterocycles. The summed E-state index contributed by atoms with van der Waals surface area (Å²) in [5, 5.41) is 3.34. The summed E-state index contributed by atoms with van der Waals surface area (Å²) in [5.74, 6) is 0.961. The Kier molecular flexibility index (Phi) is 5.26. The van der Waals surface area contributed by atoms with Crippen molar-refractivity contribution in [3.05, 3.63) is 40.4 Å². The van der Waals surface area contributed by atoms with Gasteiger partial charge in [0.05, 0.1) is 0 Å². The highest BCUT2D eigenvalue weighted by Gasteiger charge is 2.10. The lowest BCUT2D eigenvalue weighted by molar-refractivity contribution is 0.229. The third-order valence-corrected chi connectivity index (χ3v) is 3.85. The summed E-state index contributed by atoms with van der Waals surface area (Å²) in [6.45, 7) is 3.96. The summed E-state index contributed by atoms with van der Waals surface area (Å²) in [6.07, 6.45) is 8.16. The van der Waals surface area contributed by atoms with Crippen LogP contribution in [0.1, 0.15) is 31.7 Å². The molecule has 0 fully saturated rings. The summed E-state index contributed by atoms with van der Waals surface area (Å²) in [7, 11) is 0. The zero-order chi connectivity index (χ0) is 12.8. The van der Waals surface area contributed by atoms with E-state index >= 15 is 0 Å². The normalized spacial score (nSPS) is 18.9. The van der Waals surface area contributed by atoms with Crippen molar-refractivity contribution in [3.8, 4) is 5.75 Å². The Morgan fingerprint density at radius 3 is 3.06 bits per heavy atom. The van der Waals surface area contributed by atoms with E-state index in [9.17, 15) is 0 Å². The first-order valence-corrected chi connectivity index (χ1v) is 7.41. The number of nitrogens with one attached hydrogen (secondary N) is 1. The van der Waals surface area contributed by atoms with Gasteiger partial charge in [0.2, 0.25) is 0 Å². The molecule has 0 spiro atoms. The molecule has 0 amide bonds. The average Bonchev–Trinajstić information content (AvgIpc) is 2.40. The first-order valence-electron chi connectivity index (χ1n) is 6.62. The van der Waals surface area contributed by atoms with E-state index in [0.717, 1.165) is 29.7 Å². The van der Waals surface area contributed by atoms with Crippen molar-refractivity contribution in [2.24, 2.45) is 0 Å². The maximum Gasteiger partial charge on any atom is 0.120 e. The molecule has 1 atom stereocenters. The van der Waals surface area contributed by atoms with Crippen LogP contribution in [0.2, 0.25) is 0 Å². The van der Waals surface area contributed by atoms with E-state index in [1.54, 1.807) is 0 Å². The molecule has 98 valence electrons. The largest absolute Gasteiger partial charge is 0.486 e. The zero-order valence-corrected chi connectivity index (χ0v) is 12.4. The fraction of sp³-hybridized carbons (Fsp3) is 0.467. The minimum Gasteiger partial charge on any atom is -0.486 e. The van der Waals surface area contributed by atoms with Gasteiger partial charge in [0.15, 0.2) is 0 Å². The van der Waals surface area contributed by atoms with Gasteiger partial charge in [-0.2, -0.15) is 0 Å². The van der Waals surface area contributed by atoms with Gasteiger partial charge in [0, 0.05) is 11.0 Å². The Morgan fingerprint density at radius 2 is 2.33 bits per heavy atom. The molecule has 18 heavy (non-hydrogen) atoms. The van der Waals surface area contributed by atoms with Crippen LogP contribution in [0.5, 0.6) is 5.75 Å². The van der Waals surface area contributed by atoms with Crippen molar-refractivity contribution in [1.29, 1.82) is 0 Å². The lowest BCUT2D eigenvalue weighted by Gasteiger charge is -2.19. The van der Waals surface area contributed by atoms with Gasteiger partial charge < -0.3 is 10.1 Å². The van der Waals surface area contributed by atoms with Crippen LogP contribution in [0.15, 0.2) is 34.8 Å². The Labute approximate surface area is 118 Å². The van der Waals surface area contributed by atoms with Crippen molar-refractivity contribution >= 4 is 15.9 Å². The molecule has 2 nitrogen and oxygen atoms in total. The Balaban J connectivity index is 2.03. The molecule has 1 unspecified atom stereocenters. The fourth-order valence-corrected chi connectivity index (χ4v) is 2.46. The van der Waals surface area contributed by atoms with E-state index in [1.165, 1.54) is 18.4 Å². The zero-order valence-electron chi connectivity index (χ0n) is 10.8. The number of hydrogen-bond donors (Lipinski definition) is 1. The van der Waals surface area contributed by atoms with Crippen molar-refractivity contribution in [2.45, 2.75) is 38.8 Å². The van der Waals surface area contributed by atoms with Gasteiger partial charge in [0.25, 0.3) is 0 Å². The van der Waals surface area contributed by atoms with Gasteiger partial charge in [-0.1, -0.05) is 28.9 Å². The highest BCUT2D eigenvalue weighted by atomic mass is 79.9. The van der Waals surface area contributed by atoms with E-state index in [-0.39, 0.29) is 6.10 Å². The van der Waals surface area contributed by atoms with E-state index in [2.05, 4.69) is 52.5 Å². The van der Waals surface area contributed by atoms with Crippen molar-refractivity contribution in [3.63, 3.8) is 0 Å². The minimum atomic E-state index is 0.243. The molecule has 2 rings (SSSR count). The molecule has 0 saturated heterocycles. The van der Waals surface area contributed by atoms with Crippen LogP contribution in [0.25, 0.3) is 0 Å². The molecule has 0 saturated carbocycles. The third kappa shape index (κ3) is 3.85. The number of rotatable bonds is 5. The molecule has 1 aliphatic carbocycles. The van der Waals surface area contributed by atoms with Crippen LogP contribution in [0.3, 0.4) is 0 Å². The molecular formula is C15H20BrNO. The number of halogens is 1. The smallest absolute Gasteiger partial charge is 0.120 e. The first kappa shape index (κ1) is 13.6. The second-order valence-corrected chi connectivity index (χ2v) is 5.40. The summed E-state index contributed by atoms with van der Waals surface area (Å²) in [5.41, 5.74) is 1.24. The predicted octanol–water partition coefficient (Wildman–Crippen LogP) is 4.05. The van der Waals surface area contributed by atoms with Gasteiger partial charge in [-0.15, -0.1) is 0 Å². The van der Waals surface area contributed by atoms with Crippen LogP contribution in [0.4, 0.5) is 0 Å². The highest BCUT2D eigenvalue weighted by molar-refractivity contribution is 9.10. The van der Waals surface area contributed by atoms with Gasteiger partial charge in [-0.25, -0.2) is 0 Å². The average molecular weight is 310 g/mol. The monoisotopic (exact) mass is 309 g/mol. The van der Waals surface area contributed by atoms with Crippen molar-refractivity contribution in [2.75, 3.05) is 6.54 Å².